The van der Waals surface area contributed by atoms with Crippen LogP contribution in [0.25, 0.3) is 0 Å². The molecule has 8 heteroatoms. The first-order chi connectivity index (χ1) is 10.6. The molecule has 2 aromatic heterocycles. The van der Waals surface area contributed by atoms with Crippen molar-refractivity contribution in [1.82, 2.24) is 15.6 Å². The topological polar surface area (TPSA) is 111 Å². The highest BCUT2D eigenvalue weighted by Crippen LogP contribution is 1.98. The minimum absolute atomic E-state index is 0.0811. The lowest BCUT2D eigenvalue weighted by molar-refractivity contribution is -0.123. The zero-order valence-corrected chi connectivity index (χ0v) is 11.4. The number of hydrogen-bond donors (Lipinski definition) is 2. The molecule has 0 spiro atoms. The van der Waals surface area contributed by atoms with Crippen molar-refractivity contribution in [2.45, 2.75) is 6.54 Å². The van der Waals surface area contributed by atoms with Gasteiger partial charge >= 0.3 is 12.0 Å². The number of hydrogen-bond acceptors (Lipinski definition) is 6. The summed E-state index contributed by atoms with van der Waals surface area (Å²) in [6.45, 7) is -0.441. The second-order valence-electron chi connectivity index (χ2n) is 4.10. The van der Waals surface area contributed by atoms with E-state index in [9.17, 15) is 14.4 Å². The molecule has 2 N–H and O–H groups in total. The number of nitrogens with one attached hydrogen (secondary N) is 2. The summed E-state index contributed by atoms with van der Waals surface area (Å²) < 4.78 is 9.74. The summed E-state index contributed by atoms with van der Waals surface area (Å²) in [4.78, 5) is 38.2. The lowest BCUT2D eigenvalue weighted by atomic mass is 10.3. The molecule has 0 saturated heterocycles. The van der Waals surface area contributed by atoms with Gasteiger partial charge in [0.05, 0.1) is 12.8 Å². The Kier molecular flexibility index (Phi) is 5.25. The number of pyridine rings is 1. The fourth-order valence-electron chi connectivity index (χ4n) is 1.48. The van der Waals surface area contributed by atoms with Gasteiger partial charge in [0.1, 0.15) is 11.5 Å². The fourth-order valence-corrected chi connectivity index (χ4v) is 1.48. The maximum Gasteiger partial charge on any atom is 0.357 e. The molecule has 3 amide bonds. The van der Waals surface area contributed by atoms with Gasteiger partial charge in [0.2, 0.25) is 0 Å². The van der Waals surface area contributed by atoms with Crippen molar-refractivity contribution in [3.63, 3.8) is 0 Å². The first kappa shape index (κ1) is 15.2. The zero-order valence-electron chi connectivity index (χ0n) is 11.4. The molecule has 0 atom stereocenters. The van der Waals surface area contributed by atoms with Crippen LogP contribution in [0.15, 0.2) is 47.2 Å². The highest BCUT2D eigenvalue weighted by Gasteiger charge is 2.13. The zero-order chi connectivity index (χ0) is 15.8. The van der Waals surface area contributed by atoms with E-state index in [1.807, 2.05) is 5.32 Å². The van der Waals surface area contributed by atoms with Gasteiger partial charge in [0, 0.05) is 6.20 Å². The second kappa shape index (κ2) is 7.58. The standard InChI is InChI=1S/C14H13N3O5/c18-12(9-22-13(19)11-5-1-2-6-15-11)17-14(20)16-8-10-4-3-7-21-10/h1-7H,8-9H2,(H2,16,17,18,20). The van der Waals surface area contributed by atoms with E-state index < -0.39 is 24.5 Å². The minimum Gasteiger partial charge on any atom is -0.467 e. The summed E-state index contributed by atoms with van der Waals surface area (Å²) >= 11 is 0. The molecular weight excluding hydrogens is 290 g/mol. The van der Waals surface area contributed by atoms with Crippen molar-refractivity contribution < 1.29 is 23.5 Å². The van der Waals surface area contributed by atoms with Crippen LogP contribution < -0.4 is 10.6 Å². The van der Waals surface area contributed by atoms with E-state index in [0.717, 1.165) is 0 Å². The van der Waals surface area contributed by atoms with E-state index in [4.69, 9.17) is 9.15 Å². The number of aromatic nitrogens is 1. The predicted octanol–water partition coefficient (Wildman–Crippen LogP) is 0.857. The summed E-state index contributed by atoms with van der Waals surface area (Å²) in [5, 5.41) is 4.44. The Hall–Kier alpha value is -3.16. The summed E-state index contributed by atoms with van der Waals surface area (Å²) in [6, 6.07) is 7.36. The predicted molar refractivity (Wildman–Crippen MR) is 73.6 cm³/mol. The summed E-state index contributed by atoms with van der Waals surface area (Å²) in [7, 11) is 0. The molecule has 0 aliphatic carbocycles. The van der Waals surface area contributed by atoms with Gasteiger partial charge in [-0.05, 0) is 24.3 Å². The molecule has 0 unspecified atom stereocenters. The Morgan fingerprint density at radius 1 is 1.18 bits per heavy atom. The van der Waals surface area contributed by atoms with Gasteiger partial charge in [-0.1, -0.05) is 6.07 Å². The molecule has 0 aromatic carbocycles. The van der Waals surface area contributed by atoms with Crippen LogP contribution in [0, 0.1) is 0 Å². The lowest BCUT2D eigenvalue weighted by Crippen LogP contribution is -2.41. The van der Waals surface area contributed by atoms with Gasteiger partial charge < -0.3 is 14.5 Å². The maximum atomic E-state index is 11.5. The van der Waals surface area contributed by atoms with E-state index in [-0.39, 0.29) is 12.2 Å². The third kappa shape index (κ3) is 4.75. The molecule has 22 heavy (non-hydrogen) atoms. The molecule has 0 radical (unpaired) electrons. The molecule has 0 saturated carbocycles. The van der Waals surface area contributed by atoms with E-state index in [0.29, 0.717) is 5.76 Å². The van der Waals surface area contributed by atoms with Crippen LogP contribution in [0.1, 0.15) is 16.2 Å². The number of carbonyl (C=O) groups is 3. The Balaban J connectivity index is 1.69. The lowest BCUT2D eigenvalue weighted by Gasteiger charge is -2.06. The highest BCUT2D eigenvalue weighted by molar-refractivity contribution is 5.96. The average molecular weight is 303 g/mol. The third-order valence-electron chi connectivity index (χ3n) is 2.46. The number of esters is 1. The van der Waals surface area contributed by atoms with Crippen LogP contribution in [0.2, 0.25) is 0 Å². The van der Waals surface area contributed by atoms with Crippen LogP contribution in [-0.4, -0.2) is 29.5 Å². The summed E-state index contributed by atoms with van der Waals surface area (Å²) in [5.41, 5.74) is 0.0811. The molecule has 0 bridgehead atoms. The maximum absolute atomic E-state index is 11.5. The van der Waals surface area contributed by atoms with Crippen molar-refractivity contribution in [2.24, 2.45) is 0 Å². The Labute approximate surface area is 125 Å². The van der Waals surface area contributed by atoms with Crippen LogP contribution in [0.5, 0.6) is 0 Å². The van der Waals surface area contributed by atoms with Gasteiger partial charge in [-0.3, -0.25) is 10.1 Å². The number of nitrogens with zero attached hydrogens (tertiary/aromatic N) is 1. The molecule has 2 heterocycles. The quantitative estimate of drug-likeness (QED) is 0.792. The van der Waals surface area contributed by atoms with Crippen LogP contribution in [-0.2, 0) is 16.1 Å². The summed E-state index contributed by atoms with van der Waals surface area (Å²) in [6.07, 6.45) is 2.90. The second-order valence-corrected chi connectivity index (χ2v) is 4.10. The van der Waals surface area contributed by atoms with Crippen molar-refractivity contribution in [3.05, 3.63) is 54.2 Å². The molecule has 0 aliphatic heterocycles. The molecule has 2 aromatic rings. The average Bonchev–Trinajstić information content (AvgIpc) is 3.05. The van der Waals surface area contributed by atoms with Crippen molar-refractivity contribution in [3.8, 4) is 0 Å². The van der Waals surface area contributed by atoms with Crippen LogP contribution in [0.3, 0.4) is 0 Å². The molecule has 114 valence electrons. The highest BCUT2D eigenvalue weighted by atomic mass is 16.5. The van der Waals surface area contributed by atoms with Gasteiger partial charge in [0.15, 0.2) is 6.61 Å². The van der Waals surface area contributed by atoms with Gasteiger partial charge in [-0.15, -0.1) is 0 Å². The Morgan fingerprint density at radius 2 is 2.05 bits per heavy atom. The number of urea groups is 1. The monoisotopic (exact) mass is 303 g/mol. The Morgan fingerprint density at radius 3 is 2.73 bits per heavy atom. The van der Waals surface area contributed by atoms with Crippen molar-refractivity contribution in [2.75, 3.05) is 6.61 Å². The van der Waals surface area contributed by atoms with Gasteiger partial charge in [-0.2, -0.15) is 0 Å². The van der Waals surface area contributed by atoms with E-state index in [2.05, 4.69) is 10.3 Å². The number of ether oxygens (including phenoxy) is 1. The van der Waals surface area contributed by atoms with Crippen LogP contribution >= 0.6 is 0 Å². The first-order valence-corrected chi connectivity index (χ1v) is 6.33. The largest absolute Gasteiger partial charge is 0.467 e. The molecule has 8 nitrogen and oxygen atoms in total. The van der Waals surface area contributed by atoms with E-state index in [1.54, 1.807) is 24.3 Å². The normalized spacial score (nSPS) is 9.82. The van der Waals surface area contributed by atoms with Crippen molar-refractivity contribution >= 4 is 17.9 Å². The number of imide groups is 1. The van der Waals surface area contributed by atoms with E-state index in [1.165, 1.54) is 18.5 Å². The fraction of sp³-hybridized carbons (Fsp3) is 0.143. The number of carbonyl (C=O) groups excluding carboxylic acids is 3. The molecule has 0 aliphatic rings. The minimum atomic E-state index is -0.749. The SMILES string of the molecule is O=C(COC(=O)c1ccccn1)NC(=O)NCc1ccco1. The van der Waals surface area contributed by atoms with Gasteiger partial charge in [-0.25, -0.2) is 14.6 Å². The molecule has 0 fully saturated rings. The van der Waals surface area contributed by atoms with Crippen molar-refractivity contribution in [1.29, 1.82) is 0 Å². The Bertz CT molecular complexity index is 640. The van der Waals surface area contributed by atoms with E-state index >= 15 is 0 Å². The third-order valence-corrected chi connectivity index (χ3v) is 2.46. The number of rotatable bonds is 5. The first-order valence-electron chi connectivity index (χ1n) is 6.33. The summed E-state index contributed by atoms with van der Waals surface area (Å²) in [5.74, 6) is -0.947. The number of amides is 3. The number of furan rings is 1. The smallest absolute Gasteiger partial charge is 0.357 e. The van der Waals surface area contributed by atoms with Gasteiger partial charge in [0.25, 0.3) is 5.91 Å². The van der Waals surface area contributed by atoms with Crippen LogP contribution in [0.4, 0.5) is 4.79 Å². The molecular formula is C14H13N3O5. The molecule has 2 rings (SSSR count).